The minimum Gasteiger partial charge on any atom is -0.352 e. The van der Waals surface area contributed by atoms with Crippen LogP contribution >= 0.6 is 23.2 Å². The average Bonchev–Trinajstić information content (AvgIpc) is 3.47. The number of halogens is 2. The van der Waals surface area contributed by atoms with E-state index in [1.807, 2.05) is 30.3 Å². The maximum atomic E-state index is 13.9. The molecule has 1 atom stereocenters. The number of carbonyl (C=O) groups is 2. The van der Waals surface area contributed by atoms with Crippen molar-refractivity contribution in [1.82, 2.24) is 10.2 Å². The molecule has 3 aromatic rings. The molecule has 2 amide bonds. The summed E-state index contributed by atoms with van der Waals surface area (Å²) in [5, 5.41) is 3.49. The average molecular weight is 603 g/mol. The summed E-state index contributed by atoms with van der Waals surface area (Å²) < 4.78 is 28.6. The Morgan fingerprint density at radius 2 is 1.55 bits per heavy atom. The second-order valence-electron chi connectivity index (χ2n) is 9.91. The molecule has 1 aliphatic carbocycles. The Morgan fingerprint density at radius 3 is 2.17 bits per heavy atom. The monoisotopic (exact) mass is 601 g/mol. The first-order chi connectivity index (χ1) is 19.2. The van der Waals surface area contributed by atoms with E-state index < -0.39 is 28.5 Å². The van der Waals surface area contributed by atoms with Gasteiger partial charge in [-0.15, -0.1) is 0 Å². The normalized spacial score (nSPS) is 14.5. The standard InChI is InChI=1S/C30H33Cl2N3O4S/c1-22(30(37)33-24-12-8-9-13-24)34(19-18-23-10-4-2-5-11-23)29(36)21-35(25-16-17-27(31)28(32)20-25)40(38,39)26-14-6-3-7-15-26/h2-7,10-11,14-17,20,22,24H,8-9,12-13,18-19,21H2,1H3,(H,33,37). The highest BCUT2D eigenvalue weighted by atomic mass is 35.5. The molecule has 1 saturated carbocycles. The van der Waals surface area contributed by atoms with Crippen molar-refractivity contribution in [3.05, 3.63) is 94.5 Å². The fraction of sp³-hybridized carbons (Fsp3) is 0.333. The minimum atomic E-state index is -4.16. The summed E-state index contributed by atoms with van der Waals surface area (Å²) in [6, 6.07) is 21.2. The van der Waals surface area contributed by atoms with Crippen molar-refractivity contribution in [2.75, 3.05) is 17.4 Å². The van der Waals surface area contributed by atoms with Crippen LogP contribution in [0.1, 0.15) is 38.2 Å². The second-order valence-corrected chi connectivity index (χ2v) is 12.6. The summed E-state index contributed by atoms with van der Waals surface area (Å²) in [7, 11) is -4.16. The van der Waals surface area contributed by atoms with Crippen LogP contribution in [-0.4, -0.2) is 50.3 Å². The lowest BCUT2D eigenvalue weighted by Gasteiger charge is -2.32. The maximum absolute atomic E-state index is 13.9. The lowest BCUT2D eigenvalue weighted by atomic mass is 10.1. The summed E-state index contributed by atoms with van der Waals surface area (Å²) in [4.78, 5) is 28.7. The van der Waals surface area contributed by atoms with Crippen molar-refractivity contribution in [3.63, 3.8) is 0 Å². The number of hydrogen-bond donors (Lipinski definition) is 1. The van der Waals surface area contributed by atoms with Gasteiger partial charge in [0.25, 0.3) is 10.0 Å². The highest BCUT2D eigenvalue weighted by Gasteiger charge is 2.33. The first-order valence-electron chi connectivity index (χ1n) is 13.3. The number of anilines is 1. The summed E-state index contributed by atoms with van der Waals surface area (Å²) in [6.45, 7) is 1.40. The van der Waals surface area contributed by atoms with Crippen molar-refractivity contribution in [3.8, 4) is 0 Å². The Kier molecular flexibility index (Phi) is 10.1. The van der Waals surface area contributed by atoms with Gasteiger partial charge >= 0.3 is 0 Å². The van der Waals surface area contributed by atoms with Gasteiger partial charge in [0.2, 0.25) is 11.8 Å². The lowest BCUT2D eigenvalue weighted by molar-refractivity contribution is -0.139. The van der Waals surface area contributed by atoms with E-state index in [-0.39, 0.29) is 39.1 Å². The Morgan fingerprint density at radius 1 is 0.925 bits per heavy atom. The fourth-order valence-electron chi connectivity index (χ4n) is 4.85. The third-order valence-corrected chi connectivity index (χ3v) is 9.68. The number of amides is 2. The molecule has 1 N–H and O–H groups in total. The van der Waals surface area contributed by atoms with Gasteiger partial charge in [-0.2, -0.15) is 0 Å². The number of nitrogens with one attached hydrogen (secondary N) is 1. The zero-order valence-corrected chi connectivity index (χ0v) is 24.6. The van der Waals surface area contributed by atoms with Crippen LogP contribution in [0.5, 0.6) is 0 Å². The summed E-state index contributed by atoms with van der Waals surface area (Å²) in [5.41, 5.74) is 1.19. The van der Waals surface area contributed by atoms with Crippen molar-refractivity contribution in [2.24, 2.45) is 0 Å². The van der Waals surface area contributed by atoms with Crippen molar-refractivity contribution >= 4 is 50.7 Å². The van der Waals surface area contributed by atoms with Crippen LogP contribution in [0.2, 0.25) is 10.0 Å². The number of carbonyl (C=O) groups excluding carboxylic acids is 2. The third kappa shape index (κ3) is 7.36. The highest BCUT2D eigenvalue weighted by molar-refractivity contribution is 7.92. The van der Waals surface area contributed by atoms with Crippen LogP contribution in [0.15, 0.2) is 83.8 Å². The predicted molar refractivity (Wildman–Crippen MR) is 159 cm³/mol. The van der Waals surface area contributed by atoms with Crippen molar-refractivity contribution < 1.29 is 18.0 Å². The van der Waals surface area contributed by atoms with E-state index in [0.29, 0.717) is 6.42 Å². The van der Waals surface area contributed by atoms with Gasteiger partial charge in [-0.1, -0.05) is 84.6 Å². The van der Waals surface area contributed by atoms with Gasteiger partial charge in [-0.05, 0) is 62.1 Å². The number of sulfonamides is 1. The molecule has 0 saturated heterocycles. The van der Waals surface area contributed by atoms with E-state index in [1.54, 1.807) is 25.1 Å². The third-order valence-electron chi connectivity index (χ3n) is 7.15. The zero-order valence-electron chi connectivity index (χ0n) is 22.3. The summed E-state index contributed by atoms with van der Waals surface area (Å²) in [6.07, 6.45) is 4.46. The molecule has 10 heteroatoms. The van der Waals surface area contributed by atoms with Gasteiger partial charge in [-0.3, -0.25) is 13.9 Å². The van der Waals surface area contributed by atoms with E-state index in [1.165, 1.54) is 35.2 Å². The molecule has 3 aromatic carbocycles. The van der Waals surface area contributed by atoms with E-state index >= 15 is 0 Å². The van der Waals surface area contributed by atoms with Crippen LogP contribution in [0.3, 0.4) is 0 Å². The molecule has 40 heavy (non-hydrogen) atoms. The molecular weight excluding hydrogens is 569 g/mol. The van der Waals surface area contributed by atoms with E-state index in [9.17, 15) is 18.0 Å². The maximum Gasteiger partial charge on any atom is 0.264 e. The number of rotatable bonds is 11. The molecule has 0 aromatic heterocycles. The molecule has 0 heterocycles. The highest BCUT2D eigenvalue weighted by Crippen LogP contribution is 2.31. The second kappa shape index (κ2) is 13.5. The molecule has 0 aliphatic heterocycles. The molecule has 1 aliphatic rings. The molecule has 1 fully saturated rings. The minimum absolute atomic E-state index is 0.0248. The van der Waals surface area contributed by atoms with Gasteiger partial charge in [-0.25, -0.2) is 8.42 Å². The van der Waals surface area contributed by atoms with E-state index in [0.717, 1.165) is 35.6 Å². The van der Waals surface area contributed by atoms with E-state index in [4.69, 9.17) is 23.2 Å². The first kappa shape index (κ1) is 29.9. The molecule has 0 radical (unpaired) electrons. The van der Waals surface area contributed by atoms with Crippen molar-refractivity contribution in [1.29, 1.82) is 0 Å². The van der Waals surface area contributed by atoms with Crippen LogP contribution < -0.4 is 9.62 Å². The number of hydrogen-bond acceptors (Lipinski definition) is 4. The van der Waals surface area contributed by atoms with Gasteiger partial charge in [0.1, 0.15) is 12.6 Å². The quantitative estimate of drug-likeness (QED) is 0.305. The molecule has 0 spiro atoms. The van der Waals surface area contributed by atoms with Gasteiger partial charge in [0.15, 0.2) is 0 Å². The Balaban J connectivity index is 1.65. The van der Waals surface area contributed by atoms with Gasteiger partial charge in [0, 0.05) is 12.6 Å². The topological polar surface area (TPSA) is 86.8 Å². The summed E-state index contributed by atoms with van der Waals surface area (Å²) >= 11 is 12.3. The predicted octanol–water partition coefficient (Wildman–Crippen LogP) is 5.71. The zero-order chi connectivity index (χ0) is 28.7. The van der Waals surface area contributed by atoms with E-state index in [2.05, 4.69) is 5.32 Å². The molecule has 212 valence electrons. The fourth-order valence-corrected chi connectivity index (χ4v) is 6.57. The summed E-state index contributed by atoms with van der Waals surface area (Å²) in [5.74, 6) is -0.754. The number of benzene rings is 3. The van der Waals surface area contributed by atoms with Crippen LogP contribution in [0.25, 0.3) is 0 Å². The Bertz CT molecular complexity index is 1420. The van der Waals surface area contributed by atoms with Gasteiger partial charge < -0.3 is 10.2 Å². The molecular formula is C30H33Cl2N3O4S. The Hall–Kier alpha value is -3.07. The SMILES string of the molecule is CC(C(=O)NC1CCCC1)N(CCc1ccccc1)C(=O)CN(c1ccc(Cl)c(Cl)c1)S(=O)(=O)c1ccccc1. The number of nitrogens with zero attached hydrogens (tertiary/aromatic N) is 2. The van der Waals surface area contributed by atoms with Crippen LogP contribution in [-0.2, 0) is 26.0 Å². The largest absolute Gasteiger partial charge is 0.352 e. The molecule has 4 rings (SSSR count). The molecule has 7 nitrogen and oxygen atoms in total. The smallest absolute Gasteiger partial charge is 0.264 e. The van der Waals surface area contributed by atoms with Crippen molar-refractivity contribution in [2.45, 2.75) is 56.0 Å². The lowest BCUT2D eigenvalue weighted by Crippen LogP contribution is -2.53. The first-order valence-corrected chi connectivity index (χ1v) is 15.5. The molecule has 1 unspecified atom stereocenters. The molecule has 0 bridgehead atoms. The Labute approximate surface area is 246 Å². The van der Waals surface area contributed by atoms with Crippen LogP contribution in [0, 0.1) is 0 Å². The van der Waals surface area contributed by atoms with Gasteiger partial charge in [0.05, 0.1) is 20.6 Å². The van der Waals surface area contributed by atoms with Crippen LogP contribution in [0.4, 0.5) is 5.69 Å².